The largest absolute Gasteiger partial charge is 0.355 e. The molecule has 1 N–H and O–H groups in total. The van der Waals surface area contributed by atoms with Crippen LogP contribution in [-0.4, -0.2) is 29.1 Å². The molecule has 110 valence electrons. The molecule has 0 atom stereocenters. The maximum atomic E-state index is 4.77. The van der Waals surface area contributed by atoms with Gasteiger partial charge in [0.2, 0.25) is 0 Å². The number of hydrogen-bond acceptors (Lipinski definition) is 4. The molecule has 1 aromatic rings. The van der Waals surface area contributed by atoms with Crippen LogP contribution in [0.1, 0.15) is 51.1 Å². The van der Waals surface area contributed by atoms with Crippen molar-refractivity contribution in [1.82, 2.24) is 15.3 Å². The van der Waals surface area contributed by atoms with E-state index in [2.05, 4.69) is 29.2 Å². The van der Waals surface area contributed by atoms with Gasteiger partial charge in [0.25, 0.3) is 0 Å². The van der Waals surface area contributed by atoms with E-state index in [-0.39, 0.29) is 0 Å². The summed E-state index contributed by atoms with van der Waals surface area (Å²) in [4.78, 5) is 11.5. The number of rotatable bonds is 5. The molecule has 4 heteroatoms. The third-order valence-electron chi connectivity index (χ3n) is 4.72. The van der Waals surface area contributed by atoms with E-state index in [1.807, 2.05) is 12.4 Å². The Hall–Kier alpha value is -1.16. The molecule has 1 aromatic heterocycles. The van der Waals surface area contributed by atoms with Crippen molar-refractivity contribution in [3.8, 4) is 0 Å². The van der Waals surface area contributed by atoms with Gasteiger partial charge in [0.05, 0.1) is 11.9 Å². The molecule has 0 saturated heterocycles. The molecule has 0 unspecified atom stereocenters. The Morgan fingerprint density at radius 3 is 2.60 bits per heavy atom. The van der Waals surface area contributed by atoms with E-state index >= 15 is 0 Å². The molecule has 0 aromatic carbocycles. The van der Waals surface area contributed by atoms with E-state index in [9.17, 15) is 0 Å². The van der Waals surface area contributed by atoms with Gasteiger partial charge < -0.3 is 10.2 Å². The number of nitrogens with zero attached hydrogens (tertiary/aromatic N) is 3. The van der Waals surface area contributed by atoms with Crippen molar-refractivity contribution in [3.05, 3.63) is 18.1 Å². The van der Waals surface area contributed by atoms with Gasteiger partial charge in [-0.15, -0.1) is 0 Å². The minimum atomic E-state index is 0.632. The topological polar surface area (TPSA) is 41.1 Å². The third-order valence-corrected chi connectivity index (χ3v) is 4.72. The first-order chi connectivity index (χ1) is 9.72. The molecule has 3 rings (SSSR count). The summed E-state index contributed by atoms with van der Waals surface area (Å²) in [6.45, 7) is 3.21. The third kappa shape index (κ3) is 3.48. The molecule has 1 heterocycles. The van der Waals surface area contributed by atoms with E-state index in [1.165, 1.54) is 38.5 Å². The Balaban J connectivity index is 1.61. The van der Waals surface area contributed by atoms with Crippen LogP contribution in [0.25, 0.3) is 0 Å². The van der Waals surface area contributed by atoms with E-state index in [4.69, 9.17) is 4.98 Å². The number of aromatic nitrogens is 2. The lowest BCUT2D eigenvalue weighted by Crippen LogP contribution is -2.35. The summed E-state index contributed by atoms with van der Waals surface area (Å²) in [6.07, 6.45) is 11.7. The molecule has 20 heavy (non-hydrogen) atoms. The second kappa shape index (κ2) is 6.08. The van der Waals surface area contributed by atoms with Crippen LogP contribution in [0, 0.1) is 5.92 Å². The van der Waals surface area contributed by atoms with Crippen LogP contribution < -0.4 is 10.2 Å². The van der Waals surface area contributed by atoms with Crippen molar-refractivity contribution < 1.29 is 0 Å². The van der Waals surface area contributed by atoms with Gasteiger partial charge in [-0.3, -0.25) is 4.98 Å². The standard InChI is InChI=1S/C16H26N4/c1-12-3-7-15(8-4-12)20(2)16-11-17-9-14(19-16)10-18-13-5-6-13/h9,11-13,15,18H,3-8,10H2,1-2H3. The first-order valence-electron chi connectivity index (χ1n) is 7.99. The fourth-order valence-electron chi connectivity index (χ4n) is 3.00. The lowest BCUT2D eigenvalue weighted by atomic mass is 9.87. The quantitative estimate of drug-likeness (QED) is 0.896. The lowest BCUT2D eigenvalue weighted by molar-refractivity contribution is 0.339. The van der Waals surface area contributed by atoms with Gasteiger partial charge in [0, 0.05) is 31.9 Å². The fourth-order valence-corrected chi connectivity index (χ4v) is 3.00. The van der Waals surface area contributed by atoms with Crippen LogP contribution in [0.3, 0.4) is 0 Å². The Morgan fingerprint density at radius 1 is 1.15 bits per heavy atom. The summed E-state index contributed by atoms with van der Waals surface area (Å²) in [5.74, 6) is 1.92. The maximum Gasteiger partial charge on any atom is 0.147 e. The van der Waals surface area contributed by atoms with Crippen molar-refractivity contribution in [2.24, 2.45) is 5.92 Å². The molecule has 2 aliphatic rings. The molecule has 2 fully saturated rings. The molecule has 2 aliphatic carbocycles. The van der Waals surface area contributed by atoms with E-state index in [0.29, 0.717) is 6.04 Å². The minimum absolute atomic E-state index is 0.632. The van der Waals surface area contributed by atoms with Crippen molar-refractivity contribution in [1.29, 1.82) is 0 Å². The summed E-state index contributed by atoms with van der Waals surface area (Å²) >= 11 is 0. The Kier molecular flexibility index (Phi) is 4.20. The SMILES string of the molecule is CC1CCC(N(C)c2cncc(CNC3CC3)n2)CC1. The highest BCUT2D eigenvalue weighted by Crippen LogP contribution is 2.28. The van der Waals surface area contributed by atoms with Gasteiger partial charge in [0.15, 0.2) is 0 Å². The molecule has 2 saturated carbocycles. The van der Waals surface area contributed by atoms with Crippen LogP contribution in [0.5, 0.6) is 0 Å². The molecule has 0 aliphatic heterocycles. The zero-order chi connectivity index (χ0) is 13.9. The Labute approximate surface area is 122 Å². The summed E-state index contributed by atoms with van der Waals surface area (Å²) in [5, 5.41) is 3.50. The number of hydrogen-bond donors (Lipinski definition) is 1. The lowest BCUT2D eigenvalue weighted by Gasteiger charge is -2.34. The monoisotopic (exact) mass is 274 g/mol. The zero-order valence-corrected chi connectivity index (χ0v) is 12.7. The van der Waals surface area contributed by atoms with E-state index < -0.39 is 0 Å². The van der Waals surface area contributed by atoms with Gasteiger partial charge in [-0.1, -0.05) is 6.92 Å². The summed E-state index contributed by atoms with van der Waals surface area (Å²) in [6, 6.07) is 1.35. The molecular formula is C16H26N4. The normalized spacial score (nSPS) is 26.5. The number of nitrogens with one attached hydrogen (secondary N) is 1. The van der Waals surface area contributed by atoms with Gasteiger partial charge in [-0.2, -0.15) is 0 Å². The van der Waals surface area contributed by atoms with E-state index in [1.54, 1.807) is 0 Å². The Bertz CT molecular complexity index is 436. The highest BCUT2D eigenvalue weighted by Gasteiger charge is 2.23. The van der Waals surface area contributed by atoms with Crippen molar-refractivity contribution in [3.63, 3.8) is 0 Å². The molecule has 4 nitrogen and oxygen atoms in total. The van der Waals surface area contributed by atoms with Crippen LogP contribution in [-0.2, 0) is 6.54 Å². The average molecular weight is 274 g/mol. The highest BCUT2D eigenvalue weighted by atomic mass is 15.2. The van der Waals surface area contributed by atoms with Crippen molar-refractivity contribution in [2.75, 3.05) is 11.9 Å². The summed E-state index contributed by atoms with van der Waals surface area (Å²) < 4.78 is 0. The van der Waals surface area contributed by atoms with Crippen molar-refractivity contribution in [2.45, 2.75) is 64.1 Å². The predicted octanol–water partition coefficient (Wildman–Crippen LogP) is 2.74. The predicted molar refractivity (Wildman–Crippen MR) is 81.7 cm³/mol. The number of anilines is 1. The fraction of sp³-hybridized carbons (Fsp3) is 0.750. The van der Waals surface area contributed by atoms with Gasteiger partial charge in [0.1, 0.15) is 5.82 Å². The highest BCUT2D eigenvalue weighted by molar-refractivity contribution is 5.36. The second-order valence-electron chi connectivity index (χ2n) is 6.55. The maximum absolute atomic E-state index is 4.77. The summed E-state index contributed by atoms with van der Waals surface area (Å²) in [7, 11) is 2.17. The van der Waals surface area contributed by atoms with Crippen LogP contribution >= 0.6 is 0 Å². The molecular weight excluding hydrogens is 248 g/mol. The molecule has 0 amide bonds. The van der Waals surface area contributed by atoms with Gasteiger partial charge >= 0.3 is 0 Å². The first kappa shape index (κ1) is 13.8. The van der Waals surface area contributed by atoms with Crippen LogP contribution in [0.4, 0.5) is 5.82 Å². The summed E-state index contributed by atoms with van der Waals surface area (Å²) in [5.41, 5.74) is 1.06. The minimum Gasteiger partial charge on any atom is -0.355 e. The van der Waals surface area contributed by atoms with Gasteiger partial charge in [-0.05, 0) is 44.4 Å². The van der Waals surface area contributed by atoms with Crippen LogP contribution in [0.2, 0.25) is 0 Å². The van der Waals surface area contributed by atoms with Crippen molar-refractivity contribution >= 4 is 5.82 Å². The smallest absolute Gasteiger partial charge is 0.147 e. The molecule has 0 spiro atoms. The first-order valence-corrected chi connectivity index (χ1v) is 7.99. The average Bonchev–Trinajstić information content (AvgIpc) is 3.30. The molecule has 0 bridgehead atoms. The zero-order valence-electron chi connectivity index (χ0n) is 12.7. The van der Waals surface area contributed by atoms with E-state index in [0.717, 1.165) is 30.0 Å². The van der Waals surface area contributed by atoms with Crippen LogP contribution in [0.15, 0.2) is 12.4 Å². The molecule has 0 radical (unpaired) electrons. The van der Waals surface area contributed by atoms with Gasteiger partial charge in [-0.25, -0.2) is 4.98 Å². The second-order valence-corrected chi connectivity index (χ2v) is 6.55. The Morgan fingerprint density at radius 2 is 1.90 bits per heavy atom.